The van der Waals surface area contributed by atoms with Gasteiger partial charge in [-0.05, 0) is 32.0 Å². The van der Waals surface area contributed by atoms with E-state index in [1.165, 1.54) is 12.0 Å². The molecule has 1 saturated heterocycles. The van der Waals surface area contributed by atoms with Crippen LogP contribution in [0.25, 0.3) is 0 Å². The fraction of sp³-hybridized carbons (Fsp3) is 0.533. The van der Waals surface area contributed by atoms with Crippen LogP contribution in [0, 0.1) is 11.3 Å². The Morgan fingerprint density at radius 1 is 1.39 bits per heavy atom. The van der Waals surface area contributed by atoms with Crippen LogP contribution in [0.3, 0.4) is 0 Å². The molecular formula is C15H21N3. The highest BCUT2D eigenvalue weighted by atomic mass is 15.2. The van der Waals surface area contributed by atoms with Gasteiger partial charge in [0.1, 0.15) is 0 Å². The Bertz CT molecular complexity index is 396. The van der Waals surface area contributed by atoms with Crippen molar-refractivity contribution < 1.29 is 0 Å². The highest BCUT2D eigenvalue weighted by molar-refractivity contribution is 5.14. The second kappa shape index (κ2) is 6.53. The second-order valence-corrected chi connectivity index (χ2v) is 5.05. The predicted octanol–water partition coefficient (Wildman–Crippen LogP) is 1.76. The molecule has 1 heterocycles. The SMILES string of the molecule is CN(CC#N)C1CCN(CCc2ccccc2)C1. The van der Waals surface area contributed by atoms with Gasteiger partial charge in [-0.25, -0.2) is 0 Å². The molecule has 0 aromatic heterocycles. The zero-order valence-corrected chi connectivity index (χ0v) is 11.0. The lowest BCUT2D eigenvalue weighted by Crippen LogP contribution is -2.35. The molecule has 1 aliphatic rings. The monoisotopic (exact) mass is 243 g/mol. The lowest BCUT2D eigenvalue weighted by atomic mass is 10.1. The molecule has 0 saturated carbocycles. The first-order valence-corrected chi connectivity index (χ1v) is 6.63. The second-order valence-electron chi connectivity index (χ2n) is 5.05. The quantitative estimate of drug-likeness (QED) is 0.738. The van der Waals surface area contributed by atoms with Crippen molar-refractivity contribution in [3.8, 4) is 6.07 Å². The number of benzene rings is 1. The third-order valence-corrected chi connectivity index (χ3v) is 3.75. The number of nitriles is 1. The first-order chi connectivity index (χ1) is 8.79. The van der Waals surface area contributed by atoms with Crippen molar-refractivity contribution in [3.05, 3.63) is 35.9 Å². The Balaban J connectivity index is 1.75. The van der Waals surface area contributed by atoms with Crippen molar-refractivity contribution in [2.24, 2.45) is 0 Å². The highest BCUT2D eigenvalue weighted by Gasteiger charge is 2.24. The molecule has 1 atom stereocenters. The fourth-order valence-electron chi connectivity index (χ4n) is 2.55. The third-order valence-electron chi connectivity index (χ3n) is 3.75. The summed E-state index contributed by atoms with van der Waals surface area (Å²) in [6.07, 6.45) is 2.31. The molecule has 0 amide bonds. The van der Waals surface area contributed by atoms with Crippen LogP contribution in [0.4, 0.5) is 0 Å². The summed E-state index contributed by atoms with van der Waals surface area (Å²) in [6.45, 7) is 3.93. The number of likely N-dealkylation sites (tertiary alicyclic amines) is 1. The Hall–Kier alpha value is -1.37. The normalized spacial score (nSPS) is 20.2. The summed E-state index contributed by atoms with van der Waals surface area (Å²) in [5, 5.41) is 8.71. The summed E-state index contributed by atoms with van der Waals surface area (Å²) in [5.41, 5.74) is 1.41. The van der Waals surface area contributed by atoms with E-state index in [-0.39, 0.29) is 0 Å². The van der Waals surface area contributed by atoms with E-state index in [2.05, 4.69) is 53.2 Å². The van der Waals surface area contributed by atoms with E-state index < -0.39 is 0 Å². The van der Waals surface area contributed by atoms with Crippen molar-refractivity contribution >= 4 is 0 Å². The topological polar surface area (TPSA) is 30.3 Å². The number of nitrogens with zero attached hydrogens (tertiary/aromatic N) is 3. The lowest BCUT2D eigenvalue weighted by molar-refractivity contribution is 0.253. The van der Waals surface area contributed by atoms with E-state index in [9.17, 15) is 0 Å². The third kappa shape index (κ3) is 3.56. The maximum absolute atomic E-state index is 8.71. The minimum Gasteiger partial charge on any atom is -0.301 e. The maximum Gasteiger partial charge on any atom is 0.0866 e. The average Bonchev–Trinajstić information content (AvgIpc) is 2.87. The minimum absolute atomic E-state index is 0.539. The first kappa shape index (κ1) is 13.1. The van der Waals surface area contributed by atoms with Crippen LogP contribution in [0.2, 0.25) is 0 Å². The van der Waals surface area contributed by atoms with Gasteiger partial charge in [-0.1, -0.05) is 30.3 Å². The van der Waals surface area contributed by atoms with Gasteiger partial charge in [-0.3, -0.25) is 4.90 Å². The molecule has 3 nitrogen and oxygen atoms in total. The summed E-state index contributed by atoms with van der Waals surface area (Å²) in [6, 6.07) is 13.4. The molecule has 18 heavy (non-hydrogen) atoms. The Kier molecular flexibility index (Phi) is 4.74. The number of hydrogen-bond donors (Lipinski definition) is 0. The molecule has 1 fully saturated rings. The van der Waals surface area contributed by atoms with Crippen LogP contribution in [-0.2, 0) is 6.42 Å². The van der Waals surface area contributed by atoms with E-state index in [1.54, 1.807) is 0 Å². The number of rotatable bonds is 5. The summed E-state index contributed by atoms with van der Waals surface area (Å²) < 4.78 is 0. The van der Waals surface area contributed by atoms with Gasteiger partial charge in [-0.15, -0.1) is 0 Å². The molecule has 1 aliphatic heterocycles. The lowest BCUT2D eigenvalue weighted by Gasteiger charge is -2.22. The zero-order valence-electron chi connectivity index (χ0n) is 11.0. The van der Waals surface area contributed by atoms with Gasteiger partial charge in [0.25, 0.3) is 0 Å². The number of hydrogen-bond acceptors (Lipinski definition) is 3. The van der Waals surface area contributed by atoms with Crippen molar-refractivity contribution in [1.29, 1.82) is 5.26 Å². The molecule has 1 aromatic rings. The average molecular weight is 243 g/mol. The van der Waals surface area contributed by atoms with Gasteiger partial charge in [0.05, 0.1) is 12.6 Å². The fourth-order valence-corrected chi connectivity index (χ4v) is 2.55. The van der Waals surface area contributed by atoms with Crippen molar-refractivity contribution in [2.75, 3.05) is 33.2 Å². The van der Waals surface area contributed by atoms with E-state index in [0.717, 1.165) is 26.1 Å². The molecule has 96 valence electrons. The van der Waals surface area contributed by atoms with Gasteiger partial charge in [0.15, 0.2) is 0 Å². The van der Waals surface area contributed by atoms with Crippen molar-refractivity contribution in [1.82, 2.24) is 9.80 Å². The molecule has 0 aliphatic carbocycles. The molecule has 3 heteroatoms. The van der Waals surface area contributed by atoms with Crippen LogP contribution < -0.4 is 0 Å². The molecule has 1 aromatic carbocycles. The smallest absolute Gasteiger partial charge is 0.0866 e. The number of likely N-dealkylation sites (N-methyl/N-ethyl adjacent to an activating group) is 1. The van der Waals surface area contributed by atoms with Gasteiger partial charge in [0.2, 0.25) is 0 Å². The Labute approximate surface area is 110 Å². The van der Waals surface area contributed by atoms with Gasteiger partial charge in [0, 0.05) is 19.1 Å². The predicted molar refractivity (Wildman–Crippen MR) is 73.2 cm³/mol. The molecular weight excluding hydrogens is 222 g/mol. The standard InChI is InChI=1S/C15H21N3/c1-17(12-9-16)15-8-11-18(13-15)10-7-14-5-3-2-4-6-14/h2-6,15H,7-8,10-13H2,1H3. The van der Waals surface area contributed by atoms with Crippen molar-refractivity contribution in [3.63, 3.8) is 0 Å². The minimum atomic E-state index is 0.539. The van der Waals surface area contributed by atoms with E-state index in [1.807, 2.05) is 0 Å². The molecule has 0 N–H and O–H groups in total. The summed E-state index contributed by atoms with van der Waals surface area (Å²) in [4.78, 5) is 4.67. The summed E-state index contributed by atoms with van der Waals surface area (Å²) in [7, 11) is 2.05. The van der Waals surface area contributed by atoms with Crippen LogP contribution >= 0.6 is 0 Å². The molecule has 1 unspecified atom stereocenters. The highest BCUT2D eigenvalue weighted by Crippen LogP contribution is 2.14. The van der Waals surface area contributed by atoms with Crippen LogP contribution in [0.15, 0.2) is 30.3 Å². The van der Waals surface area contributed by atoms with E-state index in [4.69, 9.17) is 5.26 Å². The maximum atomic E-state index is 8.71. The summed E-state index contributed by atoms with van der Waals surface area (Å²) >= 11 is 0. The van der Waals surface area contributed by atoms with Crippen LogP contribution in [0.5, 0.6) is 0 Å². The van der Waals surface area contributed by atoms with E-state index in [0.29, 0.717) is 12.6 Å². The first-order valence-electron chi connectivity index (χ1n) is 6.63. The van der Waals surface area contributed by atoms with Crippen LogP contribution in [0.1, 0.15) is 12.0 Å². The Morgan fingerprint density at radius 3 is 2.89 bits per heavy atom. The molecule has 0 bridgehead atoms. The van der Waals surface area contributed by atoms with Crippen LogP contribution in [-0.4, -0.2) is 49.1 Å². The van der Waals surface area contributed by atoms with E-state index >= 15 is 0 Å². The largest absolute Gasteiger partial charge is 0.301 e. The summed E-state index contributed by atoms with van der Waals surface area (Å²) in [5.74, 6) is 0. The molecule has 0 spiro atoms. The molecule has 2 rings (SSSR count). The van der Waals surface area contributed by atoms with Gasteiger partial charge in [-0.2, -0.15) is 5.26 Å². The van der Waals surface area contributed by atoms with Gasteiger partial charge < -0.3 is 4.90 Å². The van der Waals surface area contributed by atoms with Gasteiger partial charge >= 0.3 is 0 Å². The molecule has 0 radical (unpaired) electrons. The Morgan fingerprint density at radius 2 is 2.17 bits per heavy atom. The zero-order chi connectivity index (χ0) is 12.8. The van der Waals surface area contributed by atoms with Crippen molar-refractivity contribution in [2.45, 2.75) is 18.9 Å².